The number of piperidine rings is 1. The molecule has 2 N–H and O–H groups in total. The molecule has 1 unspecified atom stereocenters. The number of carbonyl (C=O) groups excluding carboxylic acids is 2. The average molecular weight is 475 g/mol. The second-order valence-corrected chi connectivity index (χ2v) is 9.50. The van der Waals surface area contributed by atoms with Crippen LogP contribution in [0.4, 0.5) is 10.5 Å². The normalized spacial score (nSPS) is 16.0. The number of halogens is 1. The molecule has 33 heavy (non-hydrogen) atoms. The van der Waals surface area contributed by atoms with Crippen molar-refractivity contribution in [3.63, 3.8) is 0 Å². The number of hydrogen-bond acceptors (Lipinski definition) is 6. The van der Waals surface area contributed by atoms with E-state index >= 15 is 0 Å². The summed E-state index contributed by atoms with van der Waals surface area (Å²) in [5.74, 6) is 0.0387. The Balaban J connectivity index is 1.68. The van der Waals surface area contributed by atoms with Gasteiger partial charge in [-0.05, 0) is 52.8 Å². The van der Waals surface area contributed by atoms with E-state index in [0.29, 0.717) is 22.2 Å². The largest absolute Gasteiger partial charge is 0.474 e. The molecule has 0 aliphatic carbocycles. The molecule has 178 valence electrons. The molecule has 1 aliphatic heterocycles. The fourth-order valence-corrected chi connectivity index (χ4v) is 3.68. The van der Waals surface area contributed by atoms with Crippen molar-refractivity contribution >= 4 is 29.3 Å². The highest BCUT2D eigenvalue weighted by atomic mass is 35.5. The Labute approximate surface area is 199 Å². The van der Waals surface area contributed by atoms with Crippen LogP contribution in [0.5, 0.6) is 5.88 Å². The Hall–Kier alpha value is -2.84. The number of alkyl carbamates (subject to hydrolysis) is 1. The van der Waals surface area contributed by atoms with Gasteiger partial charge in [0, 0.05) is 29.7 Å². The van der Waals surface area contributed by atoms with Crippen LogP contribution < -0.4 is 15.4 Å². The van der Waals surface area contributed by atoms with Gasteiger partial charge in [0.15, 0.2) is 0 Å². The molecule has 9 heteroatoms. The number of rotatable bonds is 6. The minimum atomic E-state index is -1.05. The van der Waals surface area contributed by atoms with E-state index in [-0.39, 0.29) is 6.10 Å². The zero-order valence-electron chi connectivity index (χ0n) is 19.4. The summed E-state index contributed by atoms with van der Waals surface area (Å²) in [5, 5.41) is 5.75. The second-order valence-electron chi connectivity index (χ2n) is 9.10. The van der Waals surface area contributed by atoms with Crippen LogP contribution in [0.2, 0.25) is 5.02 Å². The number of carbonyl (C=O) groups is 2. The fraction of sp³-hybridized carbons (Fsp3) is 0.458. The lowest BCUT2D eigenvalue weighted by molar-refractivity contribution is -0.118. The van der Waals surface area contributed by atoms with Crippen molar-refractivity contribution < 1.29 is 19.1 Å². The first kappa shape index (κ1) is 24.8. The van der Waals surface area contributed by atoms with Crippen molar-refractivity contribution in [1.82, 2.24) is 15.2 Å². The molecule has 1 aliphatic rings. The third kappa shape index (κ3) is 7.61. The van der Waals surface area contributed by atoms with Crippen LogP contribution in [0.15, 0.2) is 42.6 Å². The number of amides is 2. The lowest BCUT2D eigenvalue weighted by Crippen LogP contribution is -2.40. The van der Waals surface area contributed by atoms with Crippen molar-refractivity contribution in [3.05, 3.63) is 53.2 Å². The SMILES string of the molecule is CN1CCC(Oc2ccc(NC(=O)C(NC(=O)OC(C)(C)C)c3ccccc3Cl)cn2)CC1. The highest BCUT2D eigenvalue weighted by Crippen LogP contribution is 2.25. The van der Waals surface area contributed by atoms with Crippen LogP contribution in [0.3, 0.4) is 0 Å². The molecule has 3 rings (SSSR count). The van der Waals surface area contributed by atoms with Gasteiger partial charge in [0.05, 0.1) is 11.9 Å². The first-order valence-corrected chi connectivity index (χ1v) is 11.3. The van der Waals surface area contributed by atoms with Gasteiger partial charge in [-0.1, -0.05) is 29.8 Å². The zero-order valence-corrected chi connectivity index (χ0v) is 20.2. The Kier molecular flexibility index (Phi) is 8.15. The first-order chi connectivity index (χ1) is 15.6. The van der Waals surface area contributed by atoms with Crippen LogP contribution in [-0.2, 0) is 9.53 Å². The Bertz CT molecular complexity index is 954. The minimum Gasteiger partial charge on any atom is -0.474 e. The molecule has 0 bridgehead atoms. The van der Waals surface area contributed by atoms with Gasteiger partial charge in [-0.3, -0.25) is 4.79 Å². The Morgan fingerprint density at radius 2 is 1.85 bits per heavy atom. The number of pyridine rings is 1. The van der Waals surface area contributed by atoms with E-state index in [9.17, 15) is 9.59 Å². The molecule has 1 aromatic carbocycles. The van der Waals surface area contributed by atoms with Crippen LogP contribution in [0.1, 0.15) is 45.2 Å². The van der Waals surface area contributed by atoms with Crippen LogP contribution in [0.25, 0.3) is 0 Å². The van der Waals surface area contributed by atoms with Gasteiger partial charge in [-0.2, -0.15) is 0 Å². The van der Waals surface area contributed by atoms with Gasteiger partial charge < -0.3 is 25.0 Å². The summed E-state index contributed by atoms with van der Waals surface area (Å²) in [4.78, 5) is 32.1. The molecule has 2 heterocycles. The van der Waals surface area contributed by atoms with Crippen molar-refractivity contribution in [2.75, 3.05) is 25.5 Å². The molecular weight excluding hydrogens is 444 g/mol. The van der Waals surface area contributed by atoms with E-state index in [1.165, 1.54) is 6.20 Å². The van der Waals surface area contributed by atoms with Crippen LogP contribution >= 0.6 is 11.6 Å². The van der Waals surface area contributed by atoms with Crippen molar-refractivity contribution in [2.24, 2.45) is 0 Å². The Morgan fingerprint density at radius 3 is 2.45 bits per heavy atom. The first-order valence-electron chi connectivity index (χ1n) is 11.0. The summed E-state index contributed by atoms with van der Waals surface area (Å²) >= 11 is 6.30. The highest BCUT2D eigenvalue weighted by Gasteiger charge is 2.27. The smallest absolute Gasteiger partial charge is 0.408 e. The summed E-state index contributed by atoms with van der Waals surface area (Å²) in [7, 11) is 2.10. The molecule has 0 spiro atoms. The van der Waals surface area contributed by atoms with Crippen LogP contribution in [-0.4, -0.2) is 53.7 Å². The number of aromatic nitrogens is 1. The average Bonchev–Trinajstić information content (AvgIpc) is 2.74. The molecule has 1 saturated heterocycles. The van der Waals surface area contributed by atoms with Gasteiger partial charge in [0.2, 0.25) is 5.88 Å². The van der Waals surface area contributed by atoms with Gasteiger partial charge in [0.1, 0.15) is 17.7 Å². The molecule has 2 amide bonds. The molecule has 1 aromatic heterocycles. The number of anilines is 1. The highest BCUT2D eigenvalue weighted by molar-refractivity contribution is 6.31. The summed E-state index contributed by atoms with van der Waals surface area (Å²) in [5.41, 5.74) is 0.218. The monoisotopic (exact) mass is 474 g/mol. The number of hydrogen-bond donors (Lipinski definition) is 2. The quantitative estimate of drug-likeness (QED) is 0.644. The third-order valence-corrected chi connectivity index (χ3v) is 5.44. The molecule has 2 aromatic rings. The summed E-state index contributed by atoms with van der Waals surface area (Å²) in [6.45, 7) is 7.23. The van der Waals surface area contributed by atoms with Gasteiger partial charge in [0.25, 0.3) is 5.91 Å². The molecule has 8 nitrogen and oxygen atoms in total. The maximum atomic E-state index is 13.1. The lowest BCUT2D eigenvalue weighted by atomic mass is 10.1. The molecule has 1 atom stereocenters. The lowest BCUT2D eigenvalue weighted by Gasteiger charge is -2.28. The summed E-state index contributed by atoms with van der Waals surface area (Å²) in [6.07, 6.45) is 2.84. The Morgan fingerprint density at radius 1 is 1.15 bits per heavy atom. The molecular formula is C24H31ClN4O4. The van der Waals surface area contributed by atoms with Crippen molar-refractivity contribution in [3.8, 4) is 5.88 Å². The number of benzene rings is 1. The van der Waals surface area contributed by atoms with E-state index in [1.807, 2.05) is 0 Å². The third-order valence-electron chi connectivity index (χ3n) is 5.10. The molecule has 1 fully saturated rings. The summed E-state index contributed by atoms with van der Waals surface area (Å²) in [6, 6.07) is 9.22. The second kappa shape index (κ2) is 10.9. The van der Waals surface area contributed by atoms with E-state index in [0.717, 1.165) is 25.9 Å². The number of nitrogens with one attached hydrogen (secondary N) is 2. The van der Waals surface area contributed by atoms with E-state index in [1.54, 1.807) is 57.2 Å². The summed E-state index contributed by atoms with van der Waals surface area (Å²) < 4.78 is 11.3. The molecule has 0 saturated carbocycles. The van der Waals surface area contributed by atoms with E-state index < -0.39 is 23.6 Å². The number of ether oxygens (including phenoxy) is 2. The predicted octanol–water partition coefficient (Wildman–Crippen LogP) is 4.41. The topological polar surface area (TPSA) is 92.8 Å². The standard InChI is InChI=1S/C24H31ClN4O4/c1-24(2,3)33-23(31)28-21(18-7-5-6-8-19(18)25)22(30)27-16-9-10-20(26-15-16)32-17-11-13-29(4)14-12-17/h5-10,15,17,21H,11-14H2,1-4H3,(H,27,30)(H,28,31). The van der Waals surface area contributed by atoms with Gasteiger partial charge in [-0.25, -0.2) is 9.78 Å². The molecule has 0 radical (unpaired) electrons. The predicted molar refractivity (Wildman–Crippen MR) is 128 cm³/mol. The maximum absolute atomic E-state index is 13.1. The van der Waals surface area contributed by atoms with E-state index in [2.05, 4.69) is 27.6 Å². The van der Waals surface area contributed by atoms with Gasteiger partial charge in [-0.15, -0.1) is 0 Å². The van der Waals surface area contributed by atoms with Crippen LogP contribution in [0, 0.1) is 0 Å². The maximum Gasteiger partial charge on any atom is 0.408 e. The fourth-order valence-electron chi connectivity index (χ4n) is 3.43. The van der Waals surface area contributed by atoms with Crippen molar-refractivity contribution in [1.29, 1.82) is 0 Å². The van der Waals surface area contributed by atoms with Gasteiger partial charge >= 0.3 is 6.09 Å². The zero-order chi connectivity index (χ0) is 24.0. The minimum absolute atomic E-state index is 0.136. The van der Waals surface area contributed by atoms with Crippen molar-refractivity contribution in [2.45, 2.75) is 51.4 Å². The van der Waals surface area contributed by atoms with E-state index in [4.69, 9.17) is 21.1 Å². The number of likely N-dealkylation sites (tertiary alicyclic amines) is 1. The number of nitrogens with zero attached hydrogens (tertiary/aromatic N) is 2.